The van der Waals surface area contributed by atoms with Gasteiger partial charge < -0.3 is 20.1 Å². The number of carbonyl (C=O) groups is 1. The van der Waals surface area contributed by atoms with Crippen molar-refractivity contribution in [2.45, 2.75) is 11.8 Å². The highest BCUT2D eigenvalue weighted by molar-refractivity contribution is 7.99. The van der Waals surface area contributed by atoms with Crippen LogP contribution in [0.25, 0.3) is 0 Å². The molecule has 0 aliphatic heterocycles. The van der Waals surface area contributed by atoms with Crippen molar-refractivity contribution < 1.29 is 14.3 Å². The van der Waals surface area contributed by atoms with Gasteiger partial charge in [-0.2, -0.15) is 0 Å². The van der Waals surface area contributed by atoms with Crippen LogP contribution in [-0.2, 0) is 0 Å². The lowest BCUT2D eigenvalue weighted by Gasteiger charge is -2.15. The van der Waals surface area contributed by atoms with E-state index in [4.69, 9.17) is 21.1 Å². The fourth-order valence-electron chi connectivity index (χ4n) is 2.16. The van der Waals surface area contributed by atoms with Crippen LogP contribution in [0.5, 0.6) is 11.5 Å². The molecule has 0 bridgehead atoms. The molecule has 0 saturated heterocycles. The summed E-state index contributed by atoms with van der Waals surface area (Å²) in [6.45, 7) is 2.67. The number of thioether (sulfide) groups is 1. The van der Waals surface area contributed by atoms with Crippen molar-refractivity contribution in [3.63, 3.8) is 0 Å². The van der Waals surface area contributed by atoms with Crippen LogP contribution in [0, 0.1) is 5.92 Å². The quantitative estimate of drug-likeness (QED) is 0.624. The van der Waals surface area contributed by atoms with Gasteiger partial charge in [0.2, 0.25) is 0 Å². The van der Waals surface area contributed by atoms with E-state index in [0.29, 0.717) is 29.6 Å². The van der Waals surface area contributed by atoms with Gasteiger partial charge >= 0.3 is 6.03 Å². The highest BCUT2D eigenvalue weighted by Crippen LogP contribution is 2.29. The molecule has 2 aromatic carbocycles. The number of carbonyl (C=O) groups excluding carboxylic acids is 1. The molecule has 0 fully saturated rings. The summed E-state index contributed by atoms with van der Waals surface area (Å²) >= 11 is 7.62. The SMILES string of the molecule is COc1ccc(NC(=O)NC[C@@H](C)CSc2ccc(Cl)cc2)c(OC)c1. The van der Waals surface area contributed by atoms with Crippen LogP contribution in [0.2, 0.25) is 5.02 Å². The fraction of sp³-hybridized carbons (Fsp3) is 0.316. The second kappa shape index (κ2) is 10.2. The van der Waals surface area contributed by atoms with Gasteiger partial charge in [-0.25, -0.2) is 4.79 Å². The molecule has 0 heterocycles. The number of halogens is 1. The van der Waals surface area contributed by atoms with Gasteiger partial charge in [0.1, 0.15) is 11.5 Å². The minimum atomic E-state index is -0.267. The summed E-state index contributed by atoms with van der Waals surface area (Å²) in [7, 11) is 3.13. The maximum atomic E-state index is 12.1. The number of nitrogens with one attached hydrogen (secondary N) is 2. The Kier molecular flexibility index (Phi) is 7.94. The van der Waals surface area contributed by atoms with Gasteiger partial charge in [0, 0.05) is 28.3 Å². The highest BCUT2D eigenvalue weighted by Gasteiger charge is 2.10. The standard InChI is InChI=1S/C19H23ClN2O3S/c1-13(12-26-16-7-4-14(20)5-8-16)11-21-19(23)22-17-9-6-15(24-2)10-18(17)25-3/h4-10,13H,11-12H2,1-3H3,(H2,21,22,23)/t13-/m1/s1. The first-order valence-corrected chi connectivity index (χ1v) is 9.53. The normalized spacial score (nSPS) is 11.5. The molecule has 5 nitrogen and oxygen atoms in total. The van der Waals surface area contributed by atoms with E-state index in [0.717, 1.165) is 15.7 Å². The summed E-state index contributed by atoms with van der Waals surface area (Å²) in [6.07, 6.45) is 0. The molecule has 2 N–H and O–H groups in total. The predicted octanol–water partition coefficient (Wildman–Crippen LogP) is 4.91. The van der Waals surface area contributed by atoms with Crippen molar-refractivity contribution in [3.05, 3.63) is 47.5 Å². The van der Waals surface area contributed by atoms with Crippen molar-refractivity contribution in [1.29, 1.82) is 0 Å². The average Bonchev–Trinajstić information content (AvgIpc) is 2.66. The number of ether oxygens (including phenoxy) is 2. The van der Waals surface area contributed by atoms with Gasteiger partial charge in [-0.15, -0.1) is 11.8 Å². The van der Waals surface area contributed by atoms with Crippen LogP contribution < -0.4 is 20.1 Å². The van der Waals surface area contributed by atoms with Gasteiger partial charge in [0.15, 0.2) is 0 Å². The summed E-state index contributed by atoms with van der Waals surface area (Å²) in [6, 6.07) is 12.7. The molecule has 0 unspecified atom stereocenters. The molecule has 0 aliphatic rings. The van der Waals surface area contributed by atoms with E-state index in [1.165, 1.54) is 0 Å². The zero-order valence-corrected chi connectivity index (χ0v) is 16.6. The van der Waals surface area contributed by atoms with E-state index in [2.05, 4.69) is 17.6 Å². The van der Waals surface area contributed by atoms with Gasteiger partial charge in [-0.1, -0.05) is 18.5 Å². The molecule has 0 aromatic heterocycles. The molecule has 140 valence electrons. The van der Waals surface area contributed by atoms with Crippen molar-refractivity contribution in [3.8, 4) is 11.5 Å². The Morgan fingerprint density at radius 2 is 1.88 bits per heavy atom. The molecule has 0 spiro atoms. The number of hydrogen-bond acceptors (Lipinski definition) is 4. The summed E-state index contributed by atoms with van der Waals surface area (Å²) in [5.41, 5.74) is 0.592. The molecular weight excluding hydrogens is 372 g/mol. The number of hydrogen-bond donors (Lipinski definition) is 2. The average molecular weight is 395 g/mol. The molecular formula is C19H23ClN2O3S. The Balaban J connectivity index is 1.78. The summed E-state index contributed by atoms with van der Waals surface area (Å²) in [5.74, 6) is 2.43. The number of anilines is 1. The third-order valence-corrected chi connectivity index (χ3v) is 5.21. The third kappa shape index (κ3) is 6.35. The summed E-state index contributed by atoms with van der Waals surface area (Å²) in [4.78, 5) is 13.3. The van der Waals surface area contributed by atoms with E-state index in [-0.39, 0.29) is 6.03 Å². The Labute approximate surface area is 163 Å². The number of methoxy groups -OCH3 is 2. The largest absolute Gasteiger partial charge is 0.497 e. The summed E-state index contributed by atoms with van der Waals surface area (Å²) < 4.78 is 10.4. The zero-order chi connectivity index (χ0) is 18.9. The number of benzene rings is 2. The molecule has 2 rings (SSSR count). The Bertz CT molecular complexity index is 725. The van der Waals surface area contributed by atoms with E-state index in [1.54, 1.807) is 44.2 Å². The Morgan fingerprint density at radius 3 is 2.54 bits per heavy atom. The smallest absolute Gasteiger partial charge is 0.319 e. The van der Waals surface area contributed by atoms with Crippen LogP contribution in [0.15, 0.2) is 47.4 Å². The van der Waals surface area contributed by atoms with Crippen molar-refractivity contribution in [1.82, 2.24) is 5.32 Å². The van der Waals surface area contributed by atoms with Gasteiger partial charge in [-0.3, -0.25) is 0 Å². The zero-order valence-electron chi connectivity index (χ0n) is 15.0. The fourth-order valence-corrected chi connectivity index (χ4v) is 3.21. The van der Waals surface area contributed by atoms with E-state index in [1.807, 2.05) is 24.3 Å². The molecule has 0 aliphatic carbocycles. The maximum absolute atomic E-state index is 12.1. The second-order valence-corrected chi connectivity index (χ2v) is 7.30. The Morgan fingerprint density at radius 1 is 1.15 bits per heavy atom. The summed E-state index contributed by atoms with van der Waals surface area (Å²) in [5, 5.41) is 6.41. The van der Waals surface area contributed by atoms with Crippen molar-refractivity contribution >= 4 is 35.1 Å². The van der Waals surface area contributed by atoms with Crippen molar-refractivity contribution in [2.24, 2.45) is 5.92 Å². The molecule has 2 aromatic rings. The third-order valence-electron chi connectivity index (χ3n) is 3.62. The van der Waals surface area contributed by atoms with Crippen LogP contribution >= 0.6 is 23.4 Å². The van der Waals surface area contributed by atoms with E-state index < -0.39 is 0 Å². The monoisotopic (exact) mass is 394 g/mol. The second-order valence-electron chi connectivity index (χ2n) is 5.77. The molecule has 0 radical (unpaired) electrons. The minimum Gasteiger partial charge on any atom is -0.497 e. The first kappa shape index (κ1) is 20.3. The van der Waals surface area contributed by atoms with Crippen LogP contribution in [0.1, 0.15) is 6.92 Å². The molecule has 0 saturated carbocycles. The molecule has 7 heteroatoms. The lowest BCUT2D eigenvalue weighted by molar-refractivity contribution is 0.251. The van der Waals surface area contributed by atoms with Crippen molar-refractivity contribution in [2.75, 3.05) is 31.8 Å². The number of urea groups is 1. The van der Waals surface area contributed by atoms with Gasteiger partial charge in [0.25, 0.3) is 0 Å². The Hall–Kier alpha value is -2.05. The first-order valence-electron chi connectivity index (χ1n) is 8.17. The topological polar surface area (TPSA) is 59.6 Å². The van der Waals surface area contributed by atoms with E-state index in [9.17, 15) is 4.79 Å². The van der Waals surface area contributed by atoms with Crippen LogP contribution in [0.4, 0.5) is 10.5 Å². The first-order chi connectivity index (χ1) is 12.5. The van der Waals surface area contributed by atoms with Gasteiger partial charge in [0.05, 0.1) is 19.9 Å². The minimum absolute atomic E-state index is 0.267. The molecule has 2 amide bonds. The molecule has 26 heavy (non-hydrogen) atoms. The van der Waals surface area contributed by atoms with E-state index >= 15 is 0 Å². The van der Waals surface area contributed by atoms with Crippen LogP contribution in [0.3, 0.4) is 0 Å². The lowest BCUT2D eigenvalue weighted by atomic mass is 10.2. The number of rotatable bonds is 8. The maximum Gasteiger partial charge on any atom is 0.319 e. The predicted molar refractivity (Wildman–Crippen MR) is 108 cm³/mol. The van der Waals surface area contributed by atoms with Crippen LogP contribution in [-0.4, -0.2) is 32.5 Å². The highest BCUT2D eigenvalue weighted by atomic mass is 35.5. The van der Waals surface area contributed by atoms with Gasteiger partial charge in [-0.05, 0) is 42.3 Å². The molecule has 1 atom stereocenters. The number of amides is 2. The lowest BCUT2D eigenvalue weighted by Crippen LogP contribution is -2.33.